The van der Waals surface area contributed by atoms with Gasteiger partial charge in [-0.25, -0.2) is 0 Å². The van der Waals surface area contributed by atoms with Gasteiger partial charge < -0.3 is 14.8 Å². The first-order chi connectivity index (χ1) is 10.2. The Hall–Kier alpha value is -1.23. The number of nitrogens with one attached hydrogen (secondary N) is 1. The Bertz CT molecular complexity index is 492. The zero-order valence-corrected chi connectivity index (χ0v) is 14.1. The number of rotatable bonds is 5. The number of amides is 1. The minimum absolute atomic E-state index is 0.0939. The Kier molecular flexibility index (Phi) is 5.91. The van der Waals surface area contributed by atoms with Gasteiger partial charge in [0.15, 0.2) is 11.5 Å². The molecule has 1 aliphatic rings. The van der Waals surface area contributed by atoms with Crippen molar-refractivity contribution in [3.8, 4) is 11.5 Å². The number of methoxy groups -OCH3 is 2. The molecule has 0 radical (unpaired) electrons. The third-order valence-electron chi connectivity index (χ3n) is 4.07. The molecule has 1 N–H and O–H groups in total. The number of para-hydroxylation sites is 1. The van der Waals surface area contributed by atoms with Crippen molar-refractivity contribution in [1.29, 1.82) is 0 Å². The van der Waals surface area contributed by atoms with Gasteiger partial charge in [0.1, 0.15) is 0 Å². The van der Waals surface area contributed by atoms with Crippen molar-refractivity contribution in [3.05, 3.63) is 23.8 Å². The second-order valence-electron chi connectivity index (χ2n) is 5.32. The van der Waals surface area contributed by atoms with Crippen LogP contribution in [0.5, 0.6) is 11.5 Å². The molecule has 1 fully saturated rings. The van der Waals surface area contributed by atoms with E-state index in [0.717, 1.165) is 18.2 Å². The van der Waals surface area contributed by atoms with Gasteiger partial charge in [-0.1, -0.05) is 34.8 Å². The van der Waals surface area contributed by atoms with Crippen molar-refractivity contribution in [3.63, 3.8) is 0 Å². The Morgan fingerprint density at radius 2 is 2.05 bits per heavy atom. The van der Waals surface area contributed by atoms with E-state index in [2.05, 4.69) is 21.2 Å². The average Bonchev–Trinajstić information content (AvgIpc) is 2.54. The first-order valence-electron chi connectivity index (χ1n) is 7.29. The van der Waals surface area contributed by atoms with Crippen molar-refractivity contribution in [2.45, 2.75) is 31.7 Å². The number of benzene rings is 1. The number of carbonyl (C=O) groups excluding carboxylic acids is 1. The number of alkyl halides is 1. The summed E-state index contributed by atoms with van der Waals surface area (Å²) in [6.07, 6.45) is 4.61. The fraction of sp³-hybridized carbons (Fsp3) is 0.562. The van der Waals surface area contributed by atoms with Crippen molar-refractivity contribution in [2.75, 3.05) is 19.5 Å². The Balaban J connectivity index is 2.16. The van der Waals surface area contributed by atoms with Crippen LogP contribution in [0, 0.1) is 5.92 Å². The highest BCUT2D eigenvalue weighted by Crippen LogP contribution is 2.31. The van der Waals surface area contributed by atoms with E-state index in [9.17, 15) is 4.79 Å². The lowest BCUT2D eigenvalue weighted by Crippen LogP contribution is -2.42. The molecule has 0 aromatic heterocycles. The maximum Gasteiger partial charge on any atom is 0.255 e. The van der Waals surface area contributed by atoms with Crippen LogP contribution in [0.15, 0.2) is 18.2 Å². The number of carbonyl (C=O) groups is 1. The first-order valence-corrected chi connectivity index (χ1v) is 8.41. The summed E-state index contributed by atoms with van der Waals surface area (Å²) in [6.45, 7) is 0. The molecule has 1 aromatic rings. The molecule has 1 aromatic carbocycles. The number of ether oxygens (including phenoxy) is 2. The minimum Gasteiger partial charge on any atom is -0.493 e. The molecule has 1 aliphatic carbocycles. The Labute approximate surface area is 134 Å². The standard InChI is InChI=1S/C16H22BrNO3/c1-20-14-9-5-7-12(15(14)21-2)16(19)18-13-8-4-3-6-11(13)10-17/h5,7,9,11,13H,3-4,6,8,10H2,1-2H3,(H,18,19). The van der Waals surface area contributed by atoms with Crippen molar-refractivity contribution < 1.29 is 14.3 Å². The normalized spacial score (nSPS) is 21.7. The number of hydrogen-bond donors (Lipinski definition) is 1. The van der Waals surface area contributed by atoms with Gasteiger partial charge >= 0.3 is 0 Å². The van der Waals surface area contributed by atoms with Crippen LogP contribution in [0.2, 0.25) is 0 Å². The summed E-state index contributed by atoms with van der Waals surface area (Å²) in [5, 5.41) is 4.08. The number of hydrogen-bond acceptors (Lipinski definition) is 3. The van der Waals surface area contributed by atoms with Gasteiger partial charge in [0.05, 0.1) is 19.8 Å². The van der Waals surface area contributed by atoms with Gasteiger partial charge in [-0.15, -0.1) is 0 Å². The van der Waals surface area contributed by atoms with Crippen molar-refractivity contribution in [2.24, 2.45) is 5.92 Å². The zero-order chi connectivity index (χ0) is 15.2. The molecular weight excluding hydrogens is 334 g/mol. The summed E-state index contributed by atoms with van der Waals surface area (Å²) >= 11 is 3.55. The molecule has 0 bridgehead atoms. The summed E-state index contributed by atoms with van der Waals surface area (Å²) in [5.74, 6) is 1.47. The monoisotopic (exact) mass is 355 g/mol. The van der Waals surface area contributed by atoms with Crippen LogP contribution in [0.4, 0.5) is 0 Å². The molecule has 0 heterocycles. The van der Waals surface area contributed by atoms with Gasteiger partial charge in [-0.2, -0.15) is 0 Å². The molecule has 0 aliphatic heterocycles. The van der Waals surface area contributed by atoms with Gasteiger partial charge in [-0.3, -0.25) is 4.79 Å². The van der Waals surface area contributed by atoms with Crippen molar-refractivity contribution >= 4 is 21.8 Å². The minimum atomic E-state index is -0.0939. The van der Waals surface area contributed by atoms with E-state index in [1.165, 1.54) is 12.8 Å². The maximum absolute atomic E-state index is 12.6. The highest BCUT2D eigenvalue weighted by molar-refractivity contribution is 9.09. The molecule has 5 heteroatoms. The molecule has 1 saturated carbocycles. The van der Waals surface area contributed by atoms with E-state index >= 15 is 0 Å². The Morgan fingerprint density at radius 3 is 2.71 bits per heavy atom. The number of halogens is 1. The summed E-state index contributed by atoms with van der Waals surface area (Å²) in [6, 6.07) is 5.58. The molecule has 2 atom stereocenters. The summed E-state index contributed by atoms with van der Waals surface area (Å²) in [5.41, 5.74) is 0.524. The molecule has 21 heavy (non-hydrogen) atoms. The van der Waals surface area contributed by atoms with Crippen LogP contribution < -0.4 is 14.8 Å². The van der Waals surface area contributed by atoms with Gasteiger partial charge in [-0.05, 0) is 30.9 Å². The van der Waals surface area contributed by atoms with Gasteiger partial charge in [0.2, 0.25) is 0 Å². The topological polar surface area (TPSA) is 47.6 Å². The highest BCUT2D eigenvalue weighted by Gasteiger charge is 2.27. The fourth-order valence-electron chi connectivity index (χ4n) is 2.89. The van der Waals surface area contributed by atoms with E-state index in [4.69, 9.17) is 9.47 Å². The lowest BCUT2D eigenvalue weighted by molar-refractivity contribution is 0.0908. The third kappa shape index (κ3) is 3.70. The van der Waals surface area contributed by atoms with Crippen LogP contribution in [-0.4, -0.2) is 31.5 Å². The molecular formula is C16H22BrNO3. The molecule has 116 valence electrons. The van der Waals surface area contributed by atoms with Crippen LogP contribution in [-0.2, 0) is 0 Å². The molecule has 1 amide bonds. The summed E-state index contributed by atoms with van der Waals surface area (Å²) in [4.78, 5) is 12.6. The molecule has 2 rings (SSSR count). The van der Waals surface area contributed by atoms with E-state index in [1.807, 2.05) is 0 Å². The largest absolute Gasteiger partial charge is 0.493 e. The second kappa shape index (κ2) is 7.69. The smallest absolute Gasteiger partial charge is 0.255 e. The van der Waals surface area contributed by atoms with Gasteiger partial charge in [0.25, 0.3) is 5.91 Å². The quantitative estimate of drug-likeness (QED) is 0.823. The molecule has 0 saturated heterocycles. The van der Waals surface area contributed by atoms with E-state index in [0.29, 0.717) is 23.0 Å². The molecule has 0 spiro atoms. The lowest BCUT2D eigenvalue weighted by atomic mass is 9.85. The van der Waals surface area contributed by atoms with E-state index in [1.54, 1.807) is 32.4 Å². The van der Waals surface area contributed by atoms with E-state index < -0.39 is 0 Å². The fourth-order valence-corrected chi connectivity index (χ4v) is 3.67. The van der Waals surface area contributed by atoms with Crippen molar-refractivity contribution in [1.82, 2.24) is 5.32 Å². The average molecular weight is 356 g/mol. The van der Waals surface area contributed by atoms with Gasteiger partial charge in [0, 0.05) is 11.4 Å². The molecule has 4 nitrogen and oxygen atoms in total. The first kappa shape index (κ1) is 16.1. The van der Waals surface area contributed by atoms with Crippen LogP contribution in [0.3, 0.4) is 0 Å². The summed E-state index contributed by atoms with van der Waals surface area (Å²) in [7, 11) is 3.12. The Morgan fingerprint density at radius 1 is 1.29 bits per heavy atom. The van der Waals surface area contributed by atoms with Crippen LogP contribution in [0.1, 0.15) is 36.0 Å². The third-order valence-corrected chi connectivity index (χ3v) is 4.90. The van der Waals surface area contributed by atoms with Crippen LogP contribution in [0.25, 0.3) is 0 Å². The molecule has 2 unspecified atom stereocenters. The second-order valence-corrected chi connectivity index (χ2v) is 5.97. The zero-order valence-electron chi connectivity index (χ0n) is 12.5. The predicted molar refractivity (Wildman–Crippen MR) is 86.6 cm³/mol. The summed E-state index contributed by atoms with van der Waals surface area (Å²) < 4.78 is 10.6. The maximum atomic E-state index is 12.6. The van der Waals surface area contributed by atoms with E-state index in [-0.39, 0.29) is 11.9 Å². The SMILES string of the molecule is COc1cccc(C(=O)NC2CCCCC2CBr)c1OC. The highest BCUT2D eigenvalue weighted by atomic mass is 79.9. The lowest BCUT2D eigenvalue weighted by Gasteiger charge is -2.31. The van der Waals surface area contributed by atoms with Crippen LogP contribution >= 0.6 is 15.9 Å². The predicted octanol–water partition coefficient (Wildman–Crippen LogP) is 3.39.